The Bertz CT molecular complexity index is 1230. The smallest absolute Gasteiger partial charge is 0.349 e. The number of ether oxygens (including phenoxy) is 2. The van der Waals surface area contributed by atoms with Crippen LogP contribution >= 0.6 is 0 Å². The third-order valence-electron chi connectivity index (χ3n) is 12.6. The Labute approximate surface area is 266 Å². The number of esters is 1. The number of allylic oxidation sites excluding steroid dienone is 4. The summed E-state index contributed by atoms with van der Waals surface area (Å²) in [5.74, 6) is -2.70. The molecule has 0 aromatic carbocycles. The number of hydrogen-bond donors (Lipinski definition) is 4. The van der Waals surface area contributed by atoms with Gasteiger partial charge in [0.2, 0.25) is 5.60 Å². The second-order valence-corrected chi connectivity index (χ2v) is 15.1. The number of alkyl halides is 1. The predicted molar refractivity (Wildman–Crippen MR) is 167 cm³/mol. The molecule has 45 heavy (non-hydrogen) atoms. The van der Waals surface area contributed by atoms with Crippen molar-refractivity contribution in [3.8, 4) is 0 Å². The van der Waals surface area contributed by atoms with Gasteiger partial charge in [-0.15, -0.1) is 0 Å². The third-order valence-corrected chi connectivity index (χ3v) is 12.6. The molecule has 9 nitrogen and oxygen atoms in total. The molecule has 4 N–H and O–H groups in total. The maximum atomic E-state index is 17.4. The number of carboxylic acid groups (broad SMARTS) is 1. The molecule has 252 valence electrons. The number of carbonyl (C=O) groups is 3. The summed E-state index contributed by atoms with van der Waals surface area (Å²) in [6.07, 6.45) is 5.55. The zero-order chi connectivity index (χ0) is 32.9. The number of aliphatic hydroxyl groups excluding tert-OH is 1. The summed E-state index contributed by atoms with van der Waals surface area (Å²) in [7, 11) is 0. The van der Waals surface area contributed by atoms with Gasteiger partial charge in [-0.3, -0.25) is 9.59 Å². The van der Waals surface area contributed by atoms with Crippen LogP contribution in [0, 0.1) is 40.4 Å². The highest BCUT2D eigenvalue weighted by atomic mass is 19.1. The molecule has 4 aliphatic carbocycles. The molecule has 3 saturated carbocycles. The van der Waals surface area contributed by atoms with Crippen LogP contribution in [0.25, 0.3) is 0 Å². The van der Waals surface area contributed by atoms with E-state index in [9.17, 15) is 24.6 Å². The molecule has 10 heteroatoms. The molecule has 1 heterocycles. The molecule has 0 spiro atoms. The van der Waals surface area contributed by atoms with E-state index in [1.807, 2.05) is 0 Å². The van der Waals surface area contributed by atoms with Gasteiger partial charge in [0.15, 0.2) is 11.5 Å². The topological polar surface area (TPSA) is 134 Å². The predicted octanol–water partition coefficient (Wildman–Crippen LogP) is 3.99. The number of fused-ring (bicyclic) bond motifs is 5. The van der Waals surface area contributed by atoms with Crippen molar-refractivity contribution in [2.24, 2.45) is 40.4 Å². The Morgan fingerprint density at radius 1 is 1.09 bits per heavy atom. The minimum absolute atomic E-state index is 0.00496. The van der Waals surface area contributed by atoms with Gasteiger partial charge in [-0.05, 0) is 82.8 Å². The van der Waals surface area contributed by atoms with Crippen molar-refractivity contribution in [3.05, 3.63) is 23.8 Å². The quantitative estimate of drug-likeness (QED) is 0.208. The average molecular weight is 633 g/mol. The summed E-state index contributed by atoms with van der Waals surface area (Å²) in [4.78, 5) is 38.4. The Hall–Kier alpha value is -2.14. The molecule has 5 aliphatic rings. The molecule has 0 aromatic heterocycles. The van der Waals surface area contributed by atoms with Gasteiger partial charge in [-0.1, -0.05) is 32.4 Å². The van der Waals surface area contributed by atoms with Crippen LogP contribution in [0.2, 0.25) is 0 Å². The first-order valence-electron chi connectivity index (χ1n) is 16.9. The maximum absolute atomic E-state index is 17.4. The summed E-state index contributed by atoms with van der Waals surface area (Å²) in [6.45, 7) is 14.3. The lowest BCUT2D eigenvalue weighted by Crippen LogP contribution is -2.69. The van der Waals surface area contributed by atoms with Gasteiger partial charge in [0.1, 0.15) is 0 Å². The van der Waals surface area contributed by atoms with Crippen LogP contribution in [0.1, 0.15) is 80.1 Å². The highest BCUT2D eigenvalue weighted by molar-refractivity contribution is 6.01. The Balaban J connectivity index is 1.21. The molecule has 0 bridgehead atoms. The van der Waals surface area contributed by atoms with Crippen LogP contribution in [0.15, 0.2) is 23.8 Å². The van der Waals surface area contributed by atoms with E-state index in [0.717, 1.165) is 19.5 Å². The molecule has 0 radical (unpaired) electrons. The lowest BCUT2D eigenvalue weighted by molar-refractivity contribution is -0.234. The fraction of sp³-hybridized carbons (Fsp3) is 0.800. The second-order valence-electron chi connectivity index (χ2n) is 15.1. The number of carboxylic acids is 1. The molecule has 1 saturated heterocycles. The highest BCUT2D eigenvalue weighted by Crippen LogP contribution is 2.71. The summed E-state index contributed by atoms with van der Waals surface area (Å²) in [6, 6.07) is 0. The fourth-order valence-electron chi connectivity index (χ4n) is 10.3. The van der Waals surface area contributed by atoms with Crippen LogP contribution in [0.4, 0.5) is 4.39 Å². The standard InChI is InChI=1S/C35H53FN2O7/c1-20-15-22(3)44-23(4)26(20)19-38-14-13-37-12-10-30(41)45-35(31(42)43)21(2)16-28-27-8-7-24-17-25(39)9-11-32(24,5)34(27,36)29(40)18-33(28,35)6/h9,11,17,20-23,26-29,37-38,40H,7-8,10,12-16,18-19H2,1-6H3,(H,42,43)/t20?,21-,22+,23?,26+,27?,28?,29+,32+,33+,34+,35+/m1/s1. The number of ketones is 1. The van der Waals surface area contributed by atoms with Crippen LogP contribution < -0.4 is 10.6 Å². The molecule has 5 rings (SSSR count). The summed E-state index contributed by atoms with van der Waals surface area (Å²) >= 11 is 0. The van der Waals surface area contributed by atoms with Crippen molar-refractivity contribution < 1.29 is 38.5 Å². The fourth-order valence-corrected chi connectivity index (χ4v) is 10.3. The van der Waals surface area contributed by atoms with E-state index >= 15 is 4.39 Å². The maximum Gasteiger partial charge on any atom is 0.349 e. The zero-order valence-corrected chi connectivity index (χ0v) is 27.7. The Morgan fingerprint density at radius 2 is 1.80 bits per heavy atom. The van der Waals surface area contributed by atoms with E-state index in [-0.39, 0.29) is 30.8 Å². The molecule has 12 atom stereocenters. The number of aliphatic carboxylic acids is 1. The van der Waals surface area contributed by atoms with Gasteiger partial charge in [0.05, 0.1) is 24.7 Å². The summed E-state index contributed by atoms with van der Waals surface area (Å²) < 4.78 is 29.4. The van der Waals surface area contributed by atoms with Crippen LogP contribution in [0.3, 0.4) is 0 Å². The van der Waals surface area contributed by atoms with Crippen molar-refractivity contribution >= 4 is 17.7 Å². The van der Waals surface area contributed by atoms with Crippen molar-refractivity contribution in [1.82, 2.24) is 10.6 Å². The van der Waals surface area contributed by atoms with Crippen LogP contribution in [0.5, 0.6) is 0 Å². The number of hydrogen-bond acceptors (Lipinski definition) is 8. The average Bonchev–Trinajstić information content (AvgIpc) is 3.17. The lowest BCUT2D eigenvalue weighted by Gasteiger charge is -2.62. The van der Waals surface area contributed by atoms with Crippen LogP contribution in [-0.4, -0.2) is 83.7 Å². The molecular weight excluding hydrogens is 579 g/mol. The number of aliphatic hydroxyl groups is 1. The van der Waals surface area contributed by atoms with Crippen molar-refractivity contribution in [3.63, 3.8) is 0 Å². The van der Waals surface area contributed by atoms with Gasteiger partial charge in [-0.25, -0.2) is 9.18 Å². The van der Waals surface area contributed by atoms with Crippen molar-refractivity contribution in [2.45, 2.75) is 110 Å². The molecule has 0 aromatic rings. The minimum Gasteiger partial charge on any atom is -0.478 e. The molecule has 0 amide bonds. The van der Waals surface area contributed by atoms with E-state index in [1.54, 1.807) is 26.8 Å². The Morgan fingerprint density at radius 3 is 2.49 bits per heavy atom. The number of nitrogens with one attached hydrogen (secondary N) is 2. The number of carbonyl (C=O) groups excluding carboxylic acids is 2. The normalized spacial score (nSPS) is 45.7. The van der Waals surface area contributed by atoms with E-state index in [1.165, 1.54) is 12.2 Å². The second kappa shape index (κ2) is 12.5. The van der Waals surface area contributed by atoms with E-state index < -0.39 is 57.9 Å². The number of rotatable bonds is 10. The minimum atomic E-state index is -2.08. The third kappa shape index (κ3) is 5.41. The molecule has 1 aliphatic heterocycles. The van der Waals surface area contributed by atoms with Gasteiger partial charge in [-0.2, -0.15) is 0 Å². The first-order chi connectivity index (χ1) is 21.1. The number of halogens is 1. The molecule has 4 fully saturated rings. The van der Waals surface area contributed by atoms with E-state index in [0.29, 0.717) is 49.8 Å². The Kier molecular flexibility index (Phi) is 9.48. The first kappa shape index (κ1) is 34.2. The lowest BCUT2D eigenvalue weighted by atomic mass is 9.44. The van der Waals surface area contributed by atoms with Crippen molar-refractivity contribution in [1.29, 1.82) is 0 Å². The SMILES string of the molecule is CC1C[C@H](C)OC(C)[C@H]1CNCCNCCC(=O)O[C@]1(C(=O)O)[C@H](C)CC2C3CCC4=CC(=O)C=C[C@]4(C)[C@@]3(F)[C@@H](O)C[C@@]21C. The van der Waals surface area contributed by atoms with Gasteiger partial charge < -0.3 is 30.3 Å². The van der Waals surface area contributed by atoms with Crippen molar-refractivity contribution in [2.75, 3.05) is 26.2 Å². The van der Waals surface area contributed by atoms with Gasteiger partial charge in [0, 0.05) is 48.8 Å². The van der Waals surface area contributed by atoms with E-state index in [4.69, 9.17) is 9.47 Å². The summed E-state index contributed by atoms with van der Waals surface area (Å²) in [5.41, 5.74) is -5.64. The van der Waals surface area contributed by atoms with Crippen LogP contribution in [-0.2, 0) is 23.9 Å². The largest absolute Gasteiger partial charge is 0.478 e. The zero-order valence-electron chi connectivity index (χ0n) is 27.7. The van der Waals surface area contributed by atoms with E-state index in [2.05, 4.69) is 31.4 Å². The summed E-state index contributed by atoms with van der Waals surface area (Å²) in [5, 5.41) is 29.0. The highest BCUT2D eigenvalue weighted by Gasteiger charge is 2.77. The molecular formula is C35H53FN2O7. The monoisotopic (exact) mass is 632 g/mol. The van der Waals surface area contributed by atoms with Gasteiger partial charge in [0.25, 0.3) is 0 Å². The molecule has 4 unspecified atom stereocenters. The van der Waals surface area contributed by atoms with Gasteiger partial charge >= 0.3 is 11.9 Å². The first-order valence-corrected chi connectivity index (χ1v) is 16.9.